The predicted molar refractivity (Wildman–Crippen MR) is 110 cm³/mol. The van der Waals surface area contributed by atoms with Crippen LogP contribution in [0.1, 0.15) is 22.4 Å². The fourth-order valence-electron chi connectivity index (χ4n) is 3.59. The van der Waals surface area contributed by atoms with Crippen molar-refractivity contribution < 1.29 is 9.90 Å². The number of aromatic nitrogens is 2. The molecule has 2 aromatic heterocycles. The normalized spacial score (nSPS) is 10.8. The first-order valence-electron chi connectivity index (χ1n) is 9.33. The van der Waals surface area contributed by atoms with Crippen LogP contribution in [0.5, 0.6) is 0 Å². The summed E-state index contributed by atoms with van der Waals surface area (Å²) in [5.41, 5.74) is 5.68. The Morgan fingerprint density at radius 3 is 2.62 bits per heavy atom. The zero-order valence-corrected chi connectivity index (χ0v) is 15.7. The van der Waals surface area contributed by atoms with E-state index in [0.717, 1.165) is 27.9 Å². The minimum absolute atomic E-state index is 0.0304. The van der Waals surface area contributed by atoms with E-state index in [4.69, 9.17) is 5.26 Å². The molecule has 4 aromatic rings. The van der Waals surface area contributed by atoms with Crippen molar-refractivity contribution >= 4 is 11.3 Å². The van der Waals surface area contributed by atoms with Gasteiger partial charge < -0.3 is 9.51 Å². The predicted octanol–water partition coefficient (Wildman–Crippen LogP) is 3.72. The van der Waals surface area contributed by atoms with E-state index in [1.54, 1.807) is 30.7 Å². The number of aliphatic hydroxyl groups is 1. The highest BCUT2D eigenvalue weighted by Gasteiger charge is 2.15. The zero-order chi connectivity index (χ0) is 20.2. The second kappa shape index (κ2) is 8.09. The number of pyridine rings is 1. The molecule has 0 bridgehead atoms. The number of rotatable bonds is 6. The third-order valence-electron chi connectivity index (χ3n) is 5.03. The lowest BCUT2D eigenvalue weighted by molar-refractivity contribution is -0.117. The van der Waals surface area contributed by atoms with Gasteiger partial charge in [-0.3, -0.25) is 4.79 Å². The summed E-state index contributed by atoms with van der Waals surface area (Å²) in [5.74, 6) is 0.0304. The van der Waals surface area contributed by atoms with Crippen molar-refractivity contribution in [3.8, 4) is 17.2 Å². The summed E-state index contributed by atoms with van der Waals surface area (Å²) in [5, 5.41) is 18.7. The molecule has 4 rings (SSSR count). The van der Waals surface area contributed by atoms with Crippen molar-refractivity contribution in [1.82, 2.24) is 9.38 Å². The number of imidazole rings is 1. The molecule has 29 heavy (non-hydrogen) atoms. The Kier molecular flexibility index (Phi) is 5.19. The van der Waals surface area contributed by atoms with E-state index < -0.39 is 0 Å². The number of benzene rings is 2. The number of Topliss-reactive ketones (excluding diaryl/α,β-unsaturated/α-hetero) is 1. The van der Waals surface area contributed by atoms with Gasteiger partial charge in [0.2, 0.25) is 0 Å². The van der Waals surface area contributed by atoms with E-state index in [9.17, 15) is 9.90 Å². The van der Waals surface area contributed by atoms with Crippen molar-refractivity contribution in [2.75, 3.05) is 0 Å². The molecule has 0 saturated carbocycles. The average molecular weight is 381 g/mol. The molecule has 0 spiro atoms. The van der Waals surface area contributed by atoms with Gasteiger partial charge >= 0.3 is 0 Å². The molecular formula is C24H19N3O2. The number of fused-ring (bicyclic) bond motifs is 1. The van der Waals surface area contributed by atoms with Gasteiger partial charge in [0.1, 0.15) is 5.78 Å². The van der Waals surface area contributed by atoms with Gasteiger partial charge in [-0.25, -0.2) is 4.98 Å². The fraction of sp³-hybridized carbons (Fsp3) is 0.125. The second-order valence-electron chi connectivity index (χ2n) is 6.89. The summed E-state index contributed by atoms with van der Waals surface area (Å²) in [6, 6.07) is 21.1. The minimum Gasteiger partial charge on any atom is -0.392 e. The maximum Gasteiger partial charge on any atom is 0.143 e. The van der Waals surface area contributed by atoms with Crippen molar-refractivity contribution in [1.29, 1.82) is 5.26 Å². The fourth-order valence-corrected chi connectivity index (χ4v) is 3.59. The number of hydrogen-bond acceptors (Lipinski definition) is 4. The van der Waals surface area contributed by atoms with Crippen LogP contribution in [0.2, 0.25) is 0 Å². The van der Waals surface area contributed by atoms with Crippen LogP contribution in [-0.2, 0) is 24.2 Å². The monoisotopic (exact) mass is 381 g/mol. The molecule has 5 nitrogen and oxygen atoms in total. The Balaban J connectivity index is 1.68. The lowest BCUT2D eigenvalue weighted by Crippen LogP contribution is -2.12. The molecule has 1 N–H and O–H groups in total. The van der Waals surface area contributed by atoms with E-state index in [1.165, 1.54) is 0 Å². The molecule has 0 aliphatic carbocycles. The first-order chi connectivity index (χ1) is 14.2. The molecule has 142 valence electrons. The Bertz CT molecular complexity index is 1220. The van der Waals surface area contributed by atoms with Crippen LogP contribution in [-0.4, -0.2) is 20.3 Å². The SMILES string of the molecule is N#Cc1ccc(CC(=O)Cc2c(-c3ccccc3)ccc3cncn23)c(CO)c1. The second-order valence-corrected chi connectivity index (χ2v) is 6.89. The van der Waals surface area contributed by atoms with Gasteiger partial charge in [0.05, 0.1) is 36.3 Å². The highest BCUT2D eigenvalue weighted by atomic mass is 16.3. The van der Waals surface area contributed by atoms with Crippen molar-refractivity contribution in [3.63, 3.8) is 0 Å². The molecule has 0 saturated heterocycles. The van der Waals surface area contributed by atoms with Gasteiger partial charge in [0.15, 0.2) is 0 Å². The minimum atomic E-state index is -0.204. The molecule has 0 amide bonds. The highest BCUT2D eigenvalue weighted by molar-refractivity contribution is 5.85. The van der Waals surface area contributed by atoms with E-state index in [0.29, 0.717) is 11.1 Å². The number of hydrogen-bond donors (Lipinski definition) is 1. The standard InChI is InChI=1S/C24H19N3O2/c25-13-17-6-7-19(20(10-17)15-28)11-22(29)12-24-23(18-4-2-1-3-5-18)9-8-21-14-26-16-27(21)24/h1-10,14,16,28H,11-12,15H2. The number of nitrogens with zero attached hydrogens (tertiary/aromatic N) is 3. The molecule has 0 atom stereocenters. The number of carbonyl (C=O) groups excluding carboxylic acids is 1. The van der Waals surface area contributed by atoms with Crippen LogP contribution >= 0.6 is 0 Å². The smallest absolute Gasteiger partial charge is 0.143 e. The summed E-state index contributed by atoms with van der Waals surface area (Å²) in [7, 11) is 0. The molecule has 0 unspecified atom stereocenters. The van der Waals surface area contributed by atoms with Gasteiger partial charge in [-0.1, -0.05) is 42.5 Å². The topological polar surface area (TPSA) is 78.4 Å². The summed E-state index contributed by atoms with van der Waals surface area (Å²) in [6.07, 6.45) is 3.93. The molecule has 2 aromatic carbocycles. The maximum absolute atomic E-state index is 13.0. The van der Waals surface area contributed by atoms with E-state index in [-0.39, 0.29) is 25.2 Å². The summed E-state index contributed by atoms with van der Waals surface area (Å²) < 4.78 is 1.95. The largest absolute Gasteiger partial charge is 0.392 e. The first-order valence-corrected chi connectivity index (χ1v) is 9.33. The molecule has 0 radical (unpaired) electrons. The molecule has 5 heteroatoms. The van der Waals surface area contributed by atoms with Crippen LogP contribution in [0.15, 0.2) is 73.2 Å². The van der Waals surface area contributed by atoms with E-state index >= 15 is 0 Å². The zero-order valence-electron chi connectivity index (χ0n) is 15.7. The molecule has 0 aliphatic heterocycles. The Morgan fingerprint density at radius 2 is 1.86 bits per heavy atom. The first kappa shape index (κ1) is 18.6. The van der Waals surface area contributed by atoms with Gasteiger partial charge in [0, 0.05) is 24.1 Å². The summed E-state index contributed by atoms with van der Waals surface area (Å²) in [4.78, 5) is 17.2. The van der Waals surface area contributed by atoms with E-state index in [2.05, 4.69) is 11.1 Å². The van der Waals surface area contributed by atoms with Crippen LogP contribution in [0.4, 0.5) is 0 Å². The van der Waals surface area contributed by atoms with Crippen LogP contribution < -0.4 is 0 Å². The van der Waals surface area contributed by atoms with Crippen molar-refractivity contribution in [2.24, 2.45) is 0 Å². The molecule has 2 heterocycles. The Labute approximate surface area is 168 Å². The molecule has 0 fully saturated rings. The Hall–Kier alpha value is -3.75. The quantitative estimate of drug-likeness (QED) is 0.552. The van der Waals surface area contributed by atoms with E-state index in [1.807, 2.05) is 46.9 Å². The third kappa shape index (κ3) is 3.79. The van der Waals surface area contributed by atoms with Crippen molar-refractivity contribution in [3.05, 3.63) is 95.6 Å². The highest BCUT2D eigenvalue weighted by Crippen LogP contribution is 2.26. The summed E-state index contributed by atoms with van der Waals surface area (Å²) in [6.45, 7) is -0.204. The van der Waals surface area contributed by atoms with Crippen LogP contribution in [0.25, 0.3) is 16.6 Å². The van der Waals surface area contributed by atoms with Crippen LogP contribution in [0, 0.1) is 11.3 Å². The Morgan fingerprint density at radius 1 is 1.03 bits per heavy atom. The molecular weight excluding hydrogens is 362 g/mol. The maximum atomic E-state index is 13.0. The van der Waals surface area contributed by atoms with Gasteiger partial charge in [-0.2, -0.15) is 5.26 Å². The number of nitriles is 1. The average Bonchev–Trinajstić information content (AvgIpc) is 3.24. The van der Waals surface area contributed by atoms with Gasteiger partial charge in [-0.05, 0) is 34.9 Å². The number of aliphatic hydroxyl groups excluding tert-OH is 1. The molecule has 0 aliphatic rings. The number of ketones is 1. The van der Waals surface area contributed by atoms with Gasteiger partial charge in [-0.15, -0.1) is 0 Å². The van der Waals surface area contributed by atoms with Crippen molar-refractivity contribution in [2.45, 2.75) is 19.4 Å². The van der Waals surface area contributed by atoms with Gasteiger partial charge in [0.25, 0.3) is 0 Å². The third-order valence-corrected chi connectivity index (χ3v) is 5.03. The number of carbonyl (C=O) groups is 1. The lowest BCUT2D eigenvalue weighted by Gasteiger charge is -2.13. The van der Waals surface area contributed by atoms with Crippen LogP contribution in [0.3, 0.4) is 0 Å². The summed E-state index contributed by atoms with van der Waals surface area (Å²) >= 11 is 0. The lowest BCUT2D eigenvalue weighted by atomic mass is 9.96.